The number of benzene rings is 1. The van der Waals surface area contributed by atoms with Crippen molar-refractivity contribution in [2.24, 2.45) is 5.92 Å². The Morgan fingerprint density at radius 3 is 2.72 bits per heavy atom. The van der Waals surface area contributed by atoms with Gasteiger partial charge in [0.2, 0.25) is 5.78 Å². The summed E-state index contributed by atoms with van der Waals surface area (Å²) in [6.45, 7) is 0. The molecule has 0 radical (unpaired) electrons. The second kappa shape index (κ2) is 4.56. The first-order chi connectivity index (χ1) is 8.74. The number of halogens is 1. The van der Waals surface area contributed by atoms with Gasteiger partial charge in [0.05, 0.1) is 0 Å². The van der Waals surface area contributed by atoms with Crippen LogP contribution in [0.1, 0.15) is 42.7 Å². The summed E-state index contributed by atoms with van der Waals surface area (Å²) in [5.41, 5.74) is 0.579. The van der Waals surface area contributed by atoms with Gasteiger partial charge >= 0.3 is 0 Å². The lowest BCUT2D eigenvalue weighted by Gasteiger charge is -2.18. The van der Waals surface area contributed by atoms with Gasteiger partial charge in [-0.05, 0) is 37.1 Å². The third-order valence-corrected chi connectivity index (χ3v) is 3.70. The summed E-state index contributed by atoms with van der Waals surface area (Å²) in [6, 6.07) is 5.98. The van der Waals surface area contributed by atoms with E-state index >= 15 is 0 Å². The van der Waals surface area contributed by atoms with E-state index in [0.29, 0.717) is 16.7 Å². The van der Waals surface area contributed by atoms with Crippen molar-refractivity contribution in [2.45, 2.75) is 32.1 Å². The highest BCUT2D eigenvalue weighted by Gasteiger charge is 2.25. The molecule has 1 aromatic heterocycles. The molecule has 0 spiro atoms. The van der Waals surface area contributed by atoms with Gasteiger partial charge in [-0.1, -0.05) is 19.3 Å². The van der Waals surface area contributed by atoms with Crippen LogP contribution >= 0.6 is 0 Å². The number of rotatable bonds is 2. The van der Waals surface area contributed by atoms with Crippen LogP contribution in [0.15, 0.2) is 28.7 Å². The lowest BCUT2D eigenvalue weighted by atomic mass is 9.85. The molecule has 0 unspecified atom stereocenters. The standard InChI is InChI=1S/C15H15FO2/c16-12-6-7-13-11(8-12)9-14(18-13)15(17)10-4-2-1-3-5-10/h6-10H,1-5H2. The number of hydrogen-bond acceptors (Lipinski definition) is 2. The van der Waals surface area contributed by atoms with Gasteiger partial charge in [-0.15, -0.1) is 0 Å². The molecule has 3 heteroatoms. The molecule has 1 aliphatic carbocycles. The molecule has 1 aromatic carbocycles. The molecular formula is C15H15FO2. The molecule has 1 heterocycles. The Balaban J connectivity index is 1.91. The van der Waals surface area contributed by atoms with E-state index in [2.05, 4.69) is 0 Å². The zero-order chi connectivity index (χ0) is 12.5. The number of ketones is 1. The number of Topliss-reactive ketones (excluding diaryl/α,β-unsaturated/α-hetero) is 1. The third kappa shape index (κ3) is 2.05. The van der Waals surface area contributed by atoms with Gasteiger partial charge in [-0.3, -0.25) is 4.79 Å². The average Bonchev–Trinajstić information content (AvgIpc) is 2.81. The van der Waals surface area contributed by atoms with Gasteiger partial charge in [0.15, 0.2) is 5.76 Å². The summed E-state index contributed by atoms with van der Waals surface area (Å²) < 4.78 is 18.6. The summed E-state index contributed by atoms with van der Waals surface area (Å²) >= 11 is 0. The van der Waals surface area contributed by atoms with Gasteiger partial charge in [0.25, 0.3) is 0 Å². The van der Waals surface area contributed by atoms with Crippen molar-refractivity contribution in [3.63, 3.8) is 0 Å². The van der Waals surface area contributed by atoms with E-state index < -0.39 is 0 Å². The summed E-state index contributed by atoms with van der Waals surface area (Å²) in [7, 11) is 0. The van der Waals surface area contributed by atoms with Crippen molar-refractivity contribution in [1.29, 1.82) is 0 Å². The zero-order valence-corrected chi connectivity index (χ0v) is 10.1. The fourth-order valence-electron chi connectivity index (χ4n) is 2.70. The van der Waals surface area contributed by atoms with Crippen LogP contribution in [0.3, 0.4) is 0 Å². The van der Waals surface area contributed by atoms with Crippen LogP contribution < -0.4 is 0 Å². The highest BCUT2D eigenvalue weighted by Crippen LogP contribution is 2.29. The van der Waals surface area contributed by atoms with Crippen LogP contribution in [-0.2, 0) is 0 Å². The predicted octanol–water partition coefficient (Wildman–Crippen LogP) is 4.33. The summed E-state index contributed by atoms with van der Waals surface area (Å²) in [5, 5.41) is 0.661. The Labute approximate surface area is 105 Å². The molecule has 0 saturated heterocycles. The zero-order valence-electron chi connectivity index (χ0n) is 10.1. The van der Waals surface area contributed by atoms with Crippen molar-refractivity contribution in [3.8, 4) is 0 Å². The Bertz CT molecular complexity index is 579. The predicted molar refractivity (Wildman–Crippen MR) is 67.1 cm³/mol. The lowest BCUT2D eigenvalue weighted by molar-refractivity contribution is 0.0863. The highest BCUT2D eigenvalue weighted by atomic mass is 19.1. The molecule has 0 atom stereocenters. The maximum atomic E-state index is 13.1. The molecule has 0 bridgehead atoms. The fraction of sp³-hybridized carbons (Fsp3) is 0.400. The largest absolute Gasteiger partial charge is 0.453 e. The third-order valence-electron chi connectivity index (χ3n) is 3.70. The van der Waals surface area contributed by atoms with Crippen LogP contribution in [-0.4, -0.2) is 5.78 Å². The highest BCUT2D eigenvalue weighted by molar-refractivity contribution is 5.99. The number of carbonyl (C=O) groups is 1. The first-order valence-corrected chi connectivity index (χ1v) is 6.47. The molecule has 1 fully saturated rings. The molecule has 0 amide bonds. The van der Waals surface area contributed by atoms with Crippen molar-refractivity contribution < 1.29 is 13.6 Å². The van der Waals surface area contributed by atoms with E-state index in [-0.39, 0.29) is 17.5 Å². The molecule has 18 heavy (non-hydrogen) atoms. The van der Waals surface area contributed by atoms with E-state index in [1.807, 2.05) is 0 Å². The number of hydrogen-bond donors (Lipinski definition) is 0. The van der Waals surface area contributed by atoms with Gasteiger partial charge in [-0.25, -0.2) is 4.39 Å². The monoisotopic (exact) mass is 246 g/mol. The Kier molecular flexibility index (Phi) is 2.90. The topological polar surface area (TPSA) is 30.2 Å². The maximum absolute atomic E-state index is 13.1. The molecule has 0 N–H and O–H groups in total. The number of carbonyl (C=O) groups excluding carboxylic acids is 1. The minimum absolute atomic E-state index is 0.0753. The van der Waals surface area contributed by atoms with Gasteiger partial charge in [-0.2, -0.15) is 0 Å². The Morgan fingerprint density at radius 2 is 1.94 bits per heavy atom. The fourth-order valence-corrected chi connectivity index (χ4v) is 2.70. The first kappa shape index (κ1) is 11.5. The number of fused-ring (bicyclic) bond motifs is 1. The quantitative estimate of drug-likeness (QED) is 0.738. The molecule has 2 nitrogen and oxygen atoms in total. The van der Waals surface area contributed by atoms with E-state index in [0.717, 1.165) is 25.7 Å². The average molecular weight is 246 g/mol. The summed E-state index contributed by atoms with van der Waals surface area (Å²) in [6.07, 6.45) is 5.35. The second-order valence-corrected chi connectivity index (χ2v) is 4.99. The first-order valence-electron chi connectivity index (χ1n) is 6.47. The molecular weight excluding hydrogens is 231 g/mol. The van der Waals surface area contributed by atoms with Crippen LogP contribution in [0.4, 0.5) is 4.39 Å². The minimum atomic E-state index is -0.306. The minimum Gasteiger partial charge on any atom is -0.453 e. The van der Waals surface area contributed by atoms with E-state index in [1.165, 1.54) is 18.6 Å². The number of furan rings is 1. The van der Waals surface area contributed by atoms with Crippen LogP contribution in [0.2, 0.25) is 0 Å². The van der Waals surface area contributed by atoms with Crippen molar-refractivity contribution >= 4 is 16.8 Å². The van der Waals surface area contributed by atoms with E-state index in [4.69, 9.17) is 4.42 Å². The molecule has 2 aromatic rings. The van der Waals surface area contributed by atoms with Crippen molar-refractivity contribution in [1.82, 2.24) is 0 Å². The van der Waals surface area contributed by atoms with Gasteiger partial charge in [0.1, 0.15) is 11.4 Å². The van der Waals surface area contributed by atoms with E-state index in [1.54, 1.807) is 12.1 Å². The van der Waals surface area contributed by atoms with Crippen molar-refractivity contribution in [3.05, 3.63) is 35.8 Å². The van der Waals surface area contributed by atoms with Crippen LogP contribution in [0.25, 0.3) is 11.0 Å². The lowest BCUT2D eigenvalue weighted by Crippen LogP contribution is -2.17. The molecule has 94 valence electrons. The molecule has 0 aliphatic heterocycles. The van der Waals surface area contributed by atoms with Gasteiger partial charge in [0, 0.05) is 11.3 Å². The SMILES string of the molecule is O=C(c1cc2cc(F)ccc2o1)C1CCCCC1. The summed E-state index contributed by atoms with van der Waals surface area (Å²) in [5.74, 6) is 0.234. The Morgan fingerprint density at radius 1 is 1.17 bits per heavy atom. The maximum Gasteiger partial charge on any atom is 0.201 e. The molecule has 1 aliphatic rings. The summed E-state index contributed by atoms with van der Waals surface area (Å²) in [4.78, 5) is 12.3. The molecule has 3 rings (SSSR count). The van der Waals surface area contributed by atoms with Crippen LogP contribution in [0, 0.1) is 11.7 Å². The normalized spacial score (nSPS) is 17.2. The van der Waals surface area contributed by atoms with Crippen LogP contribution in [0.5, 0.6) is 0 Å². The molecule has 1 saturated carbocycles. The Hall–Kier alpha value is -1.64. The van der Waals surface area contributed by atoms with Crippen molar-refractivity contribution in [2.75, 3.05) is 0 Å². The smallest absolute Gasteiger partial charge is 0.201 e. The van der Waals surface area contributed by atoms with Gasteiger partial charge < -0.3 is 4.42 Å². The second-order valence-electron chi connectivity index (χ2n) is 4.99. The van der Waals surface area contributed by atoms with E-state index in [9.17, 15) is 9.18 Å².